The Morgan fingerprint density at radius 1 is 1.18 bits per heavy atom. The molecule has 150 valence electrons. The molecular weight excluding hydrogens is 445 g/mol. The number of nitrogens with zero attached hydrogens (tertiary/aromatic N) is 1. The van der Waals surface area contributed by atoms with Crippen molar-refractivity contribution in [2.24, 2.45) is 5.92 Å². The fraction of sp³-hybridized carbons (Fsp3) is 0.333. The van der Waals surface area contributed by atoms with Crippen molar-refractivity contribution in [3.63, 3.8) is 0 Å². The number of halogens is 2. The Balaban J connectivity index is 1.53. The molecule has 0 amide bonds. The maximum absolute atomic E-state index is 12.5. The normalized spacial score (nSPS) is 16.1. The summed E-state index contributed by atoms with van der Waals surface area (Å²) in [4.78, 5) is 24.5. The largest absolute Gasteiger partial charge is 0.457 e. The number of benzene rings is 1. The first-order valence-electron chi connectivity index (χ1n) is 8.47. The molecule has 0 aliphatic carbocycles. The van der Waals surface area contributed by atoms with Crippen LogP contribution in [0.2, 0.25) is 10.0 Å². The first-order chi connectivity index (χ1) is 13.3. The lowest BCUT2D eigenvalue weighted by Crippen LogP contribution is -2.40. The Bertz CT molecular complexity index is 968. The third-order valence-corrected chi connectivity index (χ3v) is 8.29. The summed E-state index contributed by atoms with van der Waals surface area (Å²) in [7, 11) is -3.52. The maximum atomic E-state index is 12.5. The van der Waals surface area contributed by atoms with Gasteiger partial charge in [0, 0.05) is 23.7 Å². The van der Waals surface area contributed by atoms with Crippen LogP contribution in [0, 0.1) is 5.92 Å². The number of Topliss-reactive ketones (excluding diaryl/α,β-unsaturated/α-hetero) is 1. The SMILES string of the molecule is O=C(COC(=O)C1CCN(S(=O)(=O)c2cccs2)CC1)c1cc(Cl)ccc1Cl. The van der Waals surface area contributed by atoms with E-state index in [1.165, 1.54) is 16.4 Å². The van der Waals surface area contributed by atoms with E-state index in [0.29, 0.717) is 17.9 Å². The number of hydrogen-bond acceptors (Lipinski definition) is 6. The molecule has 0 atom stereocenters. The van der Waals surface area contributed by atoms with Crippen molar-refractivity contribution in [2.45, 2.75) is 17.1 Å². The fourth-order valence-corrected chi connectivity index (χ4v) is 5.92. The van der Waals surface area contributed by atoms with Gasteiger partial charge in [-0.05, 0) is 42.5 Å². The Kier molecular flexibility index (Phi) is 6.77. The molecule has 6 nitrogen and oxygen atoms in total. The molecule has 0 spiro atoms. The number of ether oxygens (including phenoxy) is 1. The second kappa shape index (κ2) is 8.92. The molecule has 1 aliphatic heterocycles. The molecule has 1 fully saturated rings. The zero-order valence-electron chi connectivity index (χ0n) is 14.6. The molecule has 0 bridgehead atoms. The third-order valence-electron chi connectivity index (χ3n) is 4.45. The summed E-state index contributed by atoms with van der Waals surface area (Å²) in [5, 5.41) is 2.30. The predicted molar refractivity (Wildman–Crippen MR) is 108 cm³/mol. The minimum atomic E-state index is -3.52. The van der Waals surface area contributed by atoms with Crippen molar-refractivity contribution in [1.82, 2.24) is 4.31 Å². The number of thiophene rings is 1. The van der Waals surface area contributed by atoms with E-state index in [1.54, 1.807) is 23.6 Å². The topological polar surface area (TPSA) is 80.8 Å². The van der Waals surface area contributed by atoms with E-state index >= 15 is 0 Å². The highest BCUT2D eigenvalue weighted by Crippen LogP contribution is 2.27. The Morgan fingerprint density at radius 3 is 2.54 bits per heavy atom. The molecule has 10 heteroatoms. The molecule has 1 saturated heterocycles. The molecule has 28 heavy (non-hydrogen) atoms. The number of sulfonamides is 1. The van der Waals surface area contributed by atoms with Gasteiger partial charge in [-0.2, -0.15) is 4.31 Å². The lowest BCUT2D eigenvalue weighted by Gasteiger charge is -2.29. The van der Waals surface area contributed by atoms with Gasteiger partial charge in [-0.15, -0.1) is 11.3 Å². The van der Waals surface area contributed by atoms with E-state index in [1.807, 2.05) is 0 Å². The van der Waals surface area contributed by atoms with Crippen LogP contribution in [-0.2, 0) is 19.6 Å². The van der Waals surface area contributed by atoms with Crippen LogP contribution in [0.15, 0.2) is 39.9 Å². The van der Waals surface area contributed by atoms with Gasteiger partial charge in [0.2, 0.25) is 5.78 Å². The zero-order valence-corrected chi connectivity index (χ0v) is 17.8. The van der Waals surface area contributed by atoms with Crippen molar-refractivity contribution in [2.75, 3.05) is 19.7 Å². The lowest BCUT2D eigenvalue weighted by atomic mass is 9.98. The molecule has 0 radical (unpaired) electrons. The van der Waals surface area contributed by atoms with E-state index in [0.717, 1.165) is 11.3 Å². The van der Waals surface area contributed by atoms with E-state index in [4.69, 9.17) is 27.9 Å². The van der Waals surface area contributed by atoms with Crippen LogP contribution in [0.1, 0.15) is 23.2 Å². The van der Waals surface area contributed by atoms with Crippen LogP contribution in [0.4, 0.5) is 0 Å². The van der Waals surface area contributed by atoms with Crippen molar-refractivity contribution in [3.8, 4) is 0 Å². The van der Waals surface area contributed by atoms with E-state index in [9.17, 15) is 18.0 Å². The number of carbonyl (C=O) groups excluding carboxylic acids is 2. The van der Waals surface area contributed by atoms with Gasteiger partial charge in [0.15, 0.2) is 6.61 Å². The minimum absolute atomic E-state index is 0.193. The average molecular weight is 462 g/mol. The van der Waals surface area contributed by atoms with Crippen molar-refractivity contribution in [1.29, 1.82) is 0 Å². The number of rotatable bonds is 6. The quantitative estimate of drug-likeness (QED) is 0.481. The van der Waals surface area contributed by atoms with Gasteiger partial charge in [-0.3, -0.25) is 9.59 Å². The van der Waals surface area contributed by atoms with Crippen LogP contribution < -0.4 is 0 Å². The Hall–Kier alpha value is -1.45. The van der Waals surface area contributed by atoms with Gasteiger partial charge in [-0.25, -0.2) is 8.42 Å². The summed E-state index contributed by atoms with van der Waals surface area (Å²) in [5.41, 5.74) is 0.193. The number of piperidine rings is 1. The fourth-order valence-electron chi connectivity index (χ4n) is 2.91. The molecule has 0 saturated carbocycles. The highest BCUT2D eigenvalue weighted by atomic mass is 35.5. The second-order valence-electron chi connectivity index (χ2n) is 6.27. The van der Waals surface area contributed by atoms with Gasteiger partial charge in [-0.1, -0.05) is 29.3 Å². The highest BCUT2D eigenvalue weighted by molar-refractivity contribution is 7.91. The van der Waals surface area contributed by atoms with Gasteiger partial charge in [0.05, 0.1) is 10.9 Å². The van der Waals surface area contributed by atoms with Crippen LogP contribution in [-0.4, -0.2) is 44.2 Å². The van der Waals surface area contributed by atoms with Crippen LogP contribution in [0.5, 0.6) is 0 Å². The van der Waals surface area contributed by atoms with Crippen molar-refractivity contribution >= 4 is 56.3 Å². The summed E-state index contributed by atoms with van der Waals surface area (Å²) in [6.45, 7) is 0.0226. The average Bonchev–Trinajstić information content (AvgIpc) is 3.23. The van der Waals surface area contributed by atoms with Gasteiger partial charge in [0.1, 0.15) is 4.21 Å². The summed E-state index contributed by atoms with van der Waals surface area (Å²) < 4.78 is 31.8. The molecule has 0 N–H and O–H groups in total. The lowest BCUT2D eigenvalue weighted by molar-refractivity contribution is -0.148. The standard InChI is InChI=1S/C18H17Cl2NO5S2/c19-13-3-4-15(20)14(10-13)16(22)11-26-18(23)12-5-7-21(8-6-12)28(24,25)17-2-1-9-27-17/h1-4,9-10,12H,5-8,11H2. The van der Waals surface area contributed by atoms with Crippen LogP contribution in [0.25, 0.3) is 0 Å². The van der Waals surface area contributed by atoms with Gasteiger partial charge < -0.3 is 4.74 Å². The Labute approximate surface area is 177 Å². The third kappa shape index (κ3) is 4.75. The molecule has 2 aromatic rings. The molecular formula is C18H17Cl2NO5S2. The molecule has 1 aliphatic rings. The summed E-state index contributed by atoms with van der Waals surface area (Å²) in [5.74, 6) is -1.41. The van der Waals surface area contributed by atoms with E-state index in [2.05, 4.69) is 0 Å². The molecule has 2 heterocycles. The monoisotopic (exact) mass is 461 g/mol. The summed E-state index contributed by atoms with van der Waals surface area (Å²) >= 11 is 13.0. The highest BCUT2D eigenvalue weighted by Gasteiger charge is 2.33. The van der Waals surface area contributed by atoms with E-state index < -0.39 is 34.3 Å². The molecule has 1 aromatic heterocycles. The molecule has 1 aromatic carbocycles. The maximum Gasteiger partial charge on any atom is 0.309 e. The zero-order chi connectivity index (χ0) is 20.3. The number of esters is 1. The number of carbonyl (C=O) groups is 2. The van der Waals surface area contributed by atoms with E-state index in [-0.39, 0.29) is 27.9 Å². The van der Waals surface area contributed by atoms with Gasteiger partial charge >= 0.3 is 5.97 Å². The second-order valence-corrected chi connectivity index (χ2v) is 10.2. The van der Waals surface area contributed by atoms with Crippen molar-refractivity contribution < 1.29 is 22.7 Å². The van der Waals surface area contributed by atoms with Gasteiger partial charge in [0.25, 0.3) is 10.0 Å². The predicted octanol–water partition coefficient (Wildman–Crippen LogP) is 3.88. The van der Waals surface area contributed by atoms with Crippen LogP contribution in [0.3, 0.4) is 0 Å². The first-order valence-corrected chi connectivity index (χ1v) is 11.5. The summed E-state index contributed by atoms with van der Waals surface area (Å²) in [6.07, 6.45) is 0.686. The van der Waals surface area contributed by atoms with Crippen molar-refractivity contribution in [3.05, 3.63) is 51.3 Å². The number of ketones is 1. The smallest absolute Gasteiger partial charge is 0.309 e. The Morgan fingerprint density at radius 2 is 1.89 bits per heavy atom. The van der Waals surface area contributed by atoms with Crippen LogP contribution >= 0.6 is 34.5 Å². The number of hydrogen-bond donors (Lipinski definition) is 0. The first kappa shape index (κ1) is 21.3. The minimum Gasteiger partial charge on any atom is -0.457 e. The molecule has 3 rings (SSSR count). The molecule has 0 unspecified atom stereocenters. The summed E-state index contributed by atoms with van der Waals surface area (Å²) in [6, 6.07) is 7.74.